The lowest BCUT2D eigenvalue weighted by Crippen LogP contribution is -2.28. The van der Waals surface area contributed by atoms with Crippen molar-refractivity contribution in [2.45, 2.75) is 19.9 Å². The molecule has 5 heteroatoms. The summed E-state index contributed by atoms with van der Waals surface area (Å²) in [4.78, 5) is 19.6. The van der Waals surface area contributed by atoms with Crippen LogP contribution in [-0.4, -0.2) is 22.4 Å². The lowest BCUT2D eigenvalue weighted by molar-refractivity contribution is 0.0938. The Hall–Kier alpha value is -2.58. The Kier molecular flexibility index (Phi) is 4.75. The van der Waals surface area contributed by atoms with Gasteiger partial charge in [-0.3, -0.25) is 4.79 Å². The van der Waals surface area contributed by atoms with E-state index < -0.39 is 0 Å². The second-order valence-corrected chi connectivity index (χ2v) is 4.72. The van der Waals surface area contributed by atoms with E-state index in [9.17, 15) is 4.79 Å². The van der Waals surface area contributed by atoms with E-state index in [1.165, 1.54) is 0 Å². The number of carbonyl (C=O) groups excluding carboxylic acids is 1. The number of hydrogen-bond donors (Lipinski definition) is 3. The maximum atomic E-state index is 12.4. The molecule has 21 heavy (non-hydrogen) atoms. The van der Waals surface area contributed by atoms with Gasteiger partial charge in [0, 0.05) is 18.0 Å². The number of nitrogens with one attached hydrogen (secondary N) is 2. The molecule has 1 unspecified atom stereocenters. The monoisotopic (exact) mass is 282 g/mol. The van der Waals surface area contributed by atoms with E-state index in [1.807, 2.05) is 32.0 Å². The van der Waals surface area contributed by atoms with Crippen molar-refractivity contribution in [1.29, 1.82) is 0 Å². The molecular formula is C16H18N4O. The number of nitrogens with two attached hydrogens (primary N) is 1. The molecule has 108 valence electrons. The summed E-state index contributed by atoms with van der Waals surface area (Å²) < 4.78 is 0. The molecule has 0 spiro atoms. The van der Waals surface area contributed by atoms with Crippen molar-refractivity contribution in [1.82, 2.24) is 15.3 Å². The van der Waals surface area contributed by atoms with Crippen LogP contribution in [0.1, 0.15) is 40.3 Å². The zero-order valence-corrected chi connectivity index (χ0v) is 12.1. The molecule has 4 N–H and O–H groups in total. The number of imidazole rings is 1. The van der Waals surface area contributed by atoms with Gasteiger partial charge in [0.25, 0.3) is 5.91 Å². The quantitative estimate of drug-likeness (QED) is 0.746. The minimum atomic E-state index is -0.205. The first-order chi connectivity index (χ1) is 10.1. The minimum absolute atomic E-state index is 0.177. The van der Waals surface area contributed by atoms with Gasteiger partial charge in [0.2, 0.25) is 0 Å². The molecule has 0 fully saturated rings. The predicted molar refractivity (Wildman–Crippen MR) is 81.6 cm³/mol. The number of H-pyrrole nitrogens is 1. The van der Waals surface area contributed by atoms with Crippen molar-refractivity contribution < 1.29 is 4.79 Å². The fourth-order valence-electron chi connectivity index (χ4n) is 1.96. The highest BCUT2D eigenvalue weighted by Gasteiger charge is 2.15. The maximum Gasteiger partial charge on any atom is 0.253 e. The molecule has 0 saturated carbocycles. The molecule has 1 atom stereocenters. The summed E-state index contributed by atoms with van der Waals surface area (Å²) in [6.07, 6.45) is 3.38. The number of aromatic amines is 1. The van der Waals surface area contributed by atoms with Crippen LogP contribution in [0.25, 0.3) is 0 Å². The molecule has 2 aromatic rings. The fraction of sp³-hybridized carbons (Fsp3) is 0.250. The molecule has 5 nitrogen and oxygen atoms in total. The van der Waals surface area contributed by atoms with Gasteiger partial charge in [-0.1, -0.05) is 23.5 Å². The minimum Gasteiger partial charge on any atom is -0.347 e. The zero-order chi connectivity index (χ0) is 15.2. The number of rotatable bonds is 3. The molecular weight excluding hydrogens is 264 g/mol. The summed E-state index contributed by atoms with van der Waals surface area (Å²) >= 11 is 0. The van der Waals surface area contributed by atoms with Crippen LogP contribution >= 0.6 is 0 Å². The van der Waals surface area contributed by atoms with Gasteiger partial charge in [-0.15, -0.1) is 0 Å². The third-order valence-electron chi connectivity index (χ3n) is 3.02. The summed E-state index contributed by atoms with van der Waals surface area (Å²) in [5.74, 6) is 6.25. The molecule has 0 radical (unpaired) electrons. The van der Waals surface area contributed by atoms with Gasteiger partial charge in [-0.05, 0) is 26.0 Å². The second-order valence-electron chi connectivity index (χ2n) is 4.72. The number of benzene rings is 1. The first kappa shape index (κ1) is 14.8. The van der Waals surface area contributed by atoms with Gasteiger partial charge in [-0.25, -0.2) is 4.98 Å². The van der Waals surface area contributed by atoms with Gasteiger partial charge < -0.3 is 16.0 Å². The van der Waals surface area contributed by atoms with Crippen LogP contribution in [0.4, 0.5) is 0 Å². The van der Waals surface area contributed by atoms with E-state index in [2.05, 4.69) is 27.1 Å². The van der Waals surface area contributed by atoms with Gasteiger partial charge >= 0.3 is 0 Å². The van der Waals surface area contributed by atoms with E-state index >= 15 is 0 Å². The summed E-state index contributed by atoms with van der Waals surface area (Å²) in [5, 5.41) is 2.91. The topological polar surface area (TPSA) is 83.8 Å². The van der Waals surface area contributed by atoms with E-state index in [4.69, 9.17) is 5.73 Å². The lowest BCUT2D eigenvalue weighted by atomic mass is 10.0. The van der Waals surface area contributed by atoms with Crippen molar-refractivity contribution in [3.63, 3.8) is 0 Å². The van der Waals surface area contributed by atoms with Crippen LogP contribution < -0.4 is 11.1 Å². The Balaban J connectivity index is 2.24. The third kappa shape index (κ3) is 3.71. The van der Waals surface area contributed by atoms with Crippen molar-refractivity contribution in [3.8, 4) is 11.8 Å². The zero-order valence-electron chi connectivity index (χ0n) is 12.1. The average molecular weight is 282 g/mol. The van der Waals surface area contributed by atoms with Gasteiger partial charge in [0.1, 0.15) is 5.82 Å². The number of carbonyl (C=O) groups is 1. The Morgan fingerprint density at radius 1 is 1.52 bits per heavy atom. The molecule has 2 rings (SSSR count). The number of aryl methyl sites for hydroxylation is 1. The molecule has 0 aliphatic rings. The van der Waals surface area contributed by atoms with Crippen molar-refractivity contribution in [3.05, 3.63) is 53.1 Å². The largest absolute Gasteiger partial charge is 0.347 e. The fourth-order valence-corrected chi connectivity index (χ4v) is 1.96. The van der Waals surface area contributed by atoms with Crippen molar-refractivity contribution in [2.24, 2.45) is 5.73 Å². The molecule has 0 aliphatic heterocycles. The van der Waals surface area contributed by atoms with Crippen molar-refractivity contribution in [2.75, 3.05) is 6.54 Å². The summed E-state index contributed by atoms with van der Waals surface area (Å²) in [6, 6.07) is 5.38. The number of hydrogen-bond acceptors (Lipinski definition) is 3. The van der Waals surface area contributed by atoms with Gasteiger partial charge in [-0.2, -0.15) is 0 Å². The highest BCUT2D eigenvalue weighted by atomic mass is 16.1. The first-order valence-electron chi connectivity index (χ1n) is 6.71. The van der Waals surface area contributed by atoms with Crippen LogP contribution in [0, 0.1) is 18.8 Å². The third-order valence-corrected chi connectivity index (χ3v) is 3.02. The Bertz CT molecular complexity index is 680. The molecule has 1 aromatic heterocycles. The average Bonchev–Trinajstić information content (AvgIpc) is 3.00. The number of nitrogens with zero attached hydrogens (tertiary/aromatic N) is 1. The van der Waals surface area contributed by atoms with Crippen LogP contribution in [0.15, 0.2) is 30.6 Å². The highest BCUT2D eigenvalue weighted by molar-refractivity contribution is 5.97. The lowest BCUT2D eigenvalue weighted by Gasteiger charge is -2.13. The Labute approximate surface area is 124 Å². The number of aromatic nitrogens is 2. The smallest absolute Gasteiger partial charge is 0.253 e. The van der Waals surface area contributed by atoms with Gasteiger partial charge in [0.05, 0.1) is 18.2 Å². The summed E-state index contributed by atoms with van der Waals surface area (Å²) in [5.41, 5.74) is 7.62. The molecule has 0 saturated heterocycles. The molecule has 1 aromatic carbocycles. The van der Waals surface area contributed by atoms with E-state index in [1.54, 1.807) is 12.4 Å². The van der Waals surface area contributed by atoms with E-state index in [-0.39, 0.29) is 18.5 Å². The van der Waals surface area contributed by atoms with E-state index in [0.717, 1.165) is 5.56 Å². The SMILES string of the molecule is Cc1ccc(C#CCN)c(C(=O)NC(C)c2ncc[nH]2)c1. The molecule has 1 amide bonds. The maximum absolute atomic E-state index is 12.4. The van der Waals surface area contributed by atoms with E-state index in [0.29, 0.717) is 17.0 Å². The van der Waals surface area contributed by atoms with Crippen LogP contribution in [0.3, 0.4) is 0 Å². The molecule has 0 aliphatic carbocycles. The first-order valence-corrected chi connectivity index (χ1v) is 6.71. The molecule has 0 bridgehead atoms. The second kappa shape index (κ2) is 6.73. The van der Waals surface area contributed by atoms with Gasteiger partial charge in [0.15, 0.2) is 0 Å². The normalized spacial score (nSPS) is 11.4. The number of amides is 1. The van der Waals surface area contributed by atoms with Crippen LogP contribution in [0.5, 0.6) is 0 Å². The van der Waals surface area contributed by atoms with Crippen LogP contribution in [0.2, 0.25) is 0 Å². The van der Waals surface area contributed by atoms with Crippen molar-refractivity contribution >= 4 is 5.91 Å². The summed E-state index contributed by atoms with van der Waals surface area (Å²) in [6.45, 7) is 4.07. The highest BCUT2D eigenvalue weighted by Crippen LogP contribution is 2.13. The summed E-state index contributed by atoms with van der Waals surface area (Å²) in [7, 11) is 0. The Morgan fingerprint density at radius 2 is 2.33 bits per heavy atom. The standard InChI is InChI=1S/C16H18N4O/c1-11-5-6-13(4-3-7-17)14(10-11)16(21)20-12(2)15-18-8-9-19-15/h5-6,8-10,12H,7,17H2,1-2H3,(H,18,19)(H,20,21). The predicted octanol–water partition coefficient (Wildman–Crippen LogP) is 1.52. The molecule has 1 heterocycles. The van der Waals surface area contributed by atoms with Crippen LogP contribution in [-0.2, 0) is 0 Å². The Morgan fingerprint density at radius 3 is 3.00 bits per heavy atom.